The highest BCUT2D eigenvalue weighted by Crippen LogP contribution is 2.17. The molecular formula is C11H17ClN4O3. The lowest BCUT2D eigenvalue weighted by molar-refractivity contribution is -0.137. The molecule has 0 aliphatic carbocycles. The molecule has 0 radical (unpaired) electrons. The van der Waals surface area contributed by atoms with E-state index in [4.69, 9.17) is 21.4 Å². The van der Waals surface area contributed by atoms with Gasteiger partial charge in [0.15, 0.2) is 0 Å². The molecule has 0 fully saturated rings. The fourth-order valence-corrected chi connectivity index (χ4v) is 1.68. The monoisotopic (exact) mass is 288 g/mol. The van der Waals surface area contributed by atoms with Gasteiger partial charge in [0.25, 0.3) is 0 Å². The summed E-state index contributed by atoms with van der Waals surface area (Å²) in [6.45, 7) is 4.45. The van der Waals surface area contributed by atoms with Crippen LogP contribution in [0.15, 0.2) is 0 Å². The highest BCUT2D eigenvalue weighted by Gasteiger charge is 2.16. The van der Waals surface area contributed by atoms with Gasteiger partial charge in [-0.05, 0) is 31.9 Å². The number of ether oxygens (including phenoxy) is 1. The number of aliphatic carboxylic acids is 1. The number of rotatable bonds is 7. The van der Waals surface area contributed by atoms with Crippen LogP contribution in [0.2, 0.25) is 5.28 Å². The molecule has 1 N–H and O–H groups in total. The first-order valence-electron chi connectivity index (χ1n) is 5.88. The maximum absolute atomic E-state index is 10.5. The third kappa shape index (κ3) is 4.86. The molecule has 0 spiro atoms. The molecule has 1 heterocycles. The molecular weight excluding hydrogens is 272 g/mol. The second kappa shape index (κ2) is 7.08. The summed E-state index contributed by atoms with van der Waals surface area (Å²) in [5.74, 6) is -0.438. The minimum Gasteiger partial charge on any atom is -0.481 e. The van der Waals surface area contributed by atoms with Crippen molar-refractivity contribution in [3.63, 3.8) is 0 Å². The number of hydrogen-bond donors (Lipinski definition) is 1. The zero-order valence-electron chi connectivity index (χ0n) is 11.1. The van der Waals surface area contributed by atoms with Crippen molar-refractivity contribution in [1.29, 1.82) is 0 Å². The maximum atomic E-state index is 10.5. The van der Waals surface area contributed by atoms with E-state index in [-0.39, 0.29) is 23.8 Å². The Kier molecular flexibility index (Phi) is 5.75. The van der Waals surface area contributed by atoms with Crippen LogP contribution >= 0.6 is 11.6 Å². The maximum Gasteiger partial charge on any atom is 0.322 e. The smallest absolute Gasteiger partial charge is 0.322 e. The lowest BCUT2D eigenvalue weighted by Gasteiger charge is -2.26. The summed E-state index contributed by atoms with van der Waals surface area (Å²) in [7, 11) is 1.44. The molecule has 1 aromatic heterocycles. The van der Waals surface area contributed by atoms with Gasteiger partial charge in [0.05, 0.1) is 7.11 Å². The quantitative estimate of drug-likeness (QED) is 0.815. The number of halogens is 1. The van der Waals surface area contributed by atoms with Crippen LogP contribution in [0.25, 0.3) is 0 Å². The Hall–Kier alpha value is -1.63. The van der Waals surface area contributed by atoms with E-state index in [0.29, 0.717) is 18.9 Å². The largest absolute Gasteiger partial charge is 0.481 e. The minimum atomic E-state index is -0.824. The molecule has 0 aliphatic heterocycles. The van der Waals surface area contributed by atoms with Gasteiger partial charge >= 0.3 is 12.0 Å². The summed E-state index contributed by atoms with van der Waals surface area (Å²) >= 11 is 5.80. The molecule has 0 amide bonds. The predicted molar refractivity (Wildman–Crippen MR) is 70.7 cm³/mol. The number of carboxylic acid groups (broad SMARTS) is 1. The molecule has 0 aliphatic rings. The molecule has 0 atom stereocenters. The lowest BCUT2D eigenvalue weighted by atomic mass is 10.2. The second-order valence-electron chi connectivity index (χ2n) is 4.18. The fourth-order valence-electron chi connectivity index (χ4n) is 1.53. The van der Waals surface area contributed by atoms with Crippen molar-refractivity contribution in [3.05, 3.63) is 5.28 Å². The van der Waals surface area contributed by atoms with Crippen molar-refractivity contribution >= 4 is 23.5 Å². The van der Waals surface area contributed by atoms with E-state index in [1.54, 1.807) is 0 Å². The number of nitrogens with zero attached hydrogens (tertiary/aromatic N) is 4. The fraction of sp³-hybridized carbons (Fsp3) is 0.636. The van der Waals surface area contributed by atoms with Crippen molar-refractivity contribution < 1.29 is 14.6 Å². The molecule has 7 nitrogen and oxygen atoms in total. The Morgan fingerprint density at radius 2 is 2.11 bits per heavy atom. The van der Waals surface area contributed by atoms with Gasteiger partial charge in [-0.15, -0.1) is 0 Å². The molecule has 0 aromatic carbocycles. The van der Waals surface area contributed by atoms with Crippen LogP contribution in [0.4, 0.5) is 5.95 Å². The molecule has 106 valence electrons. The van der Waals surface area contributed by atoms with Crippen molar-refractivity contribution in [2.45, 2.75) is 32.7 Å². The van der Waals surface area contributed by atoms with E-state index >= 15 is 0 Å². The van der Waals surface area contributed by atoms with Gasteiger partial charge in [0, 0.05) is 19.0 Å². The highest BCUT2D eigenvalue weighted by molar-refractivity contribution is 6.28. The van der Waals surface area contributed by atoms with Gasteiger partial charge < -0.3 is 14.7 Å². The molecule has 8 heteroatoms. The van der Waals surface area contributed by atoms with E-state index in [0.717, 1.165) is 0 Å². The van der Waals surface area contributed by atoms with Gasteiger partial charge in [-0.3, -0.25) is 4.79 Å². The summed E-state index contributed by atoms with van der Waals surface area (Å²) in [6, 6.07) is 0.246. The van der Waals surface area contributed by atoms with E-state index < -0.39 is 5.97 Å². The molecule has 1 aromatic rings. The van der Waals surface area contributed by atoms with Gasteiger partial charge in [0.1, 0.15) is 0 Å². The van der Waals surface area contributed by atoms with Gasteiger partial charge in [-0.1, -0.05) is 0 Å². The van der Waals surface area contributed by atoms with Crippen molar-refractivity contribution in [2.24, 2.45) is 0 Å². The highest BCUT2D eigenvalue weighted by atomic mass is 35.5. The zero-order chi connectivity index (χ0) is 14.4. The summed E-state index contributed by atoms with van der Waals surface area (Å²) in [5, 5.41) is 8.71. The van der Waals surface area contributed by atoms with Crippen LogP contribution in [0.3, 0.4) is 0 Å². The van der Waals surface area contributed by atoms with Crippen molar-refractivity contribution in [3.8, 4) is 6.01 Å². The lowest BCUT2D eigenvalue weighted by Crippen LogP contribution is -2.33. The van der Waals surface area contributed by atoms with Crippen LogP contribution in [-0.4, -0.2) is 45.7 Å². The van der Waals surface area contributed by atoms with Gasteiger partial charge in [-0.25, -0.2) is 0 Å². The first kappa shape index (κ1) is 15.4. The third-order valence-electron chi connectivity index (χ3n) is 2.43. The second-order valence-corrected chi connectivity index (χ2v) is 4.51. The van der Waals surface area contributed by atoms with E-state index in [2.05, 4.69) is 15.0 Å². The van der Waals surface area contributed by atoms with E-state index in [9.17, 15) is 4.79 Å². The molecule has 19 heavy (non-hydrogen) atoms. The standard InChI is InChI=1S/C11H17ClN4O3/c1-7(2)16(6-4-5-8(17)18)10-13-9(12)14-11(15-10)19-3/h7H,4-6H2,1-3H3,(H,17,18). The first-order chi connectivity index (χ1) is 8.93. The Morgan fingerprint density at radius 1 is 1.42 bits per heavy atom. The minimum absolute atomic E-state index is 0.0470. The van der Waals surface area contributed by atoms with Crippen molar-refractivity contribution in [1.82, 2.24) is 15.0 Å². The average molecular weight is 289 g/mol. The Balaban J connectivity index is 2.86. The summed E-state index contributed by atoms with van der Waals surface area (Å²) in [6.07, 6.45) is 0.596. The van der Waals surface area contributed by atoms with Crippen LogP contribution in [0.5, 0.6) is 6.01 Å². The predicted octanol–water partition coefficient (Wildman–Crippen LogP) is 1.61. The number of methoxy groups -OCH3 is 1. The van der Waals surface area contributed by atoms with Crippen LogP contribution in [0.1, 0.15) is 26.7 Å². The van der Waals surface area contributed by atoms with Crippen LogP contribution in [-0.2, 0) is 4.79 Å². The Labute approximate surface area is 116 Å². The zero-order valence-corrected chi connectivity index (χ0v) is 11.9. The average Bonchev–Trinajstić information content (AvgIpc) is 2.32. The molecule has 0 bridgehead atoms. The number of aromatic nitrogens is 3. The molecule has 0 saturated carbocycles. The number of carbonyl (C=O) groups is 1. The van der Waals surface area contributed by atoms with Gasteiger partial charge in [-0.2, -0.15) is 15.0 Å². The summed E-state index contributed by atoms with van der Waals surface area (Å²) < 4.78 is 4.94. The van der Waals surface area contributed by atoms with Crippen molar-refractivity contribution in [2.75, 3.05) is 18.6 Å². The molecule has 0 saturated heterocycles. The molecule has 1 rings (SSSR count). The number of carboxylic acids is 1. The third-order valence-corrected chi connectivity index (χ3v) is 2.60. The number of anilines is 1. The SMILES string of the molecule is COc1nc(Cl)nc(N(CCCC(=O)O)C(C)C)n1. The van der Waals surface area contributed by atoms with Crippen LogP contribution < -0.4 is 9.64 Å². The summed E-state index contributed by atoms with van der Waals surface area (Å²) in [4.78, 5) is 24.4. The first-order valence-corrected chi connectivity index (χ1v) is 6.25. The molecule has 0 unspecified atom stereocenters. The van der Waals surface area contributed by atoms with E-state index in [1.165, 1.54) is 7.11 Å². The number of hydrogen-bond acceptors (Lipinski definition) is 6. The summed E-state index contributed by atoms with van der Waals surface area (Å²) in [5.41, 5.74) is 0. The Bertz CT molecular complexity index is 442. The Morgan fingerprint density at radius 3 is 2.63 bits per heavy atom. The normalized spacial score (nSPS) is 10.6. The van der Waals surface area contributed by atoms with E-state index in [1.807, 2.05) is 18.7 Å². The van der Waals surface area contributed by atoms with Gasteiger partial charge in [0.2, 0.25) is 11.2 Å². The van der Waals surface area contributed by atoms with Crippen LogP contribution in [0, 0.1) is 0 Å². The topological polar surface area (TPSA) is 88.4 Å².